The Kier molecular flexibility index (Phi) is 3.76. The van der Waals surface area contributed by atoms with Crippen LogP contribution in [0.25, 0.3) is 0 Å². The van der Waals surface area contributed by atoms with Gasteiger partial charge in [0.05, 0.1) is 5.41 Å². The lowest BCUT2D eigenvalue weighted by molar-refractivity contribution is -0.132. The molecule has 2 atom stereocenters. The number of rotatable bonds is 4. The minimum atomic E-state index is -0.259. The molecule has 0 spiro atoms. The number of hydrogen-bond donors (Lipinski definition) is 2. The van der Waals surface area contributed by atoms with E-state index in [1.54, 1.807) is 0 Å². The molecule has 1 amide bonds. The Morgan fingerprint density at radius 2 is 1.94 bits per heavy atom. The summed E-state index contributed by atoms with van der Waals surface area (Å²) in [5, 5.41) is 3.13. The number of carbonyl (C=O) groups excluding carboxylic acids is 1. The van der Waals surface area contributed by atoms with Gasteiger partial charge in [-0.1, -0.05) is 13.8 Å². The van der Waals surface area contributed by atoms with Crippen LogP contribution in [0.15, 0.2) is 0 Å². The number of nitrogens with one attached hydrogen (secondary N) is 1. The predicted molar refractivity (Wildman–Crippen MR) is 69.4 cm³/mol. The zero-order valence-corrected chi connectivity index (χ0v) is 11.2. The molecule has 0 aromatic carbocycles. The summed E-state index contributed by atoms with van der Waals surface area (Å²) < 4.78 is 0. The summed E-state index contributed by atoms with van der Waals surface area (Å²) in [5.74, 6) is 2.49. The smallest absolute Gasteiger partial charge is 0.227 e. The molecule has 17 heavy (non-hydrogen) atoms. The van der Waals surface area contributed by atoms with E-state index >= 15 is 0 Å². The zero-order valence-electron chi connectivity index (χ0n) is 11.2. The van der Waals surface area contributed by atoms with Crippen LogP contribution in [-0.2, 0) is 4.79 Å². The van der Waals surface area contributed by atoms with Crippen LogP contribution in [0.4, 0.5) is 0 Å². The standard InChI is InChI=1S/C14H26N2O/c1-10-3-5-14(9-15,6-4-10)13(17)16-8-12-7-11(12)2/h10-12H,3-9,15H2,1-2H3,(H,16,17). The zero-order chi connectivity index (χ0) is 12.5. The van der Waals surface area contributed by atoms with Crippen molar-refractivity contribution in [1.82, 2.24) is 5.32 Å². The van der Waals surface area contributed by atoms with E-state index in [1.807, 2.05) is 0 Å². The molecule has 98 valence electrons. The summed E-state index contributed by atoms with van der Waals surface area (Å²) in [6.45, 7) is 5.88. The molecule has 0 aromatic heterocycles. The van der Waals surface area contributed by atoms with E-state index < -0.39 is 0 Å². The average Bonchev–Trinajstić information content (AvgIpc) is 3.04. The maximum absolute atomic E-state index is 12.3. The van der Waals surface area contributed by atoms with Gasteiger partial charge in [-0.2, -0.15) is 0 Å². The van der Waals surface area contributed by atoms with E-state index in [9.17, 15) is 4.79 Å². The molecule has 2 aliphatic carbocycles. The number of carbonyl (C=O) groups is 1. The molecule has 2 fully saturated rings. The first-order chi connectivity index (χ1) is 8.07. The molecule has 0 bridgehead atoms. The highest BCUT2D eigenvalue weighted by atomic mass is 16.2. The Labute approximate surface area is 105 Å². The molecule has 3 N–H and O–H groups in total. The lowest BCUT2D eigenvalue weighted by Crippen LogP contribution is -2.48. The van der Waals surface area contributed by atoms with Gasteiger partial charge in [-0.3, -0.25) is 4.79 Å². The summed E-state index contributed by atoms with van der Waals surface area (Å²) in [4.78, 5) is 12.3. The molecule has 3 nitrogen and oxygen atoms in total. The van der Waals surface area contributed by atoms with E-state index in [0.717, 1.165) is 50.0 Å². The molecule has 2 rings (SSSR count). The van der Waals surface area contributed by atoms with Crippen molar-refractivity contribution in [3.8, 4) is 0 Å². The van der Waals surface area contributed by atoms with Crippen molar-refractivity contribution in [3.63, 3.8) is 0 Å². The molecule has 2 saturated carbocycles. The largest absolute Gasteiger partial charge is 0.355 e. The summed E-state index contributed by atoms with van der Waals surface area (Å²) in [6, 6.07) is 0. The monoisotopic (exact) mass is 238 g/mol. The van der Waals surface area contributed by atoms with Gasteiger partial charge in [0.25, 0.3) is 0 Å². The van der Waals surface area contributed by atoms with Crippen LogP contribution in [0.2, 0.25) is 0 Å². The molecular formula is C14H26N2O. The molecule has 0 aromatic rings. The maximum Gasteiger partial charge on any atom is 0.227 e. The van der Waals surface area contributed by atoms with Crippen LogP contribution in [0.5, 0.6) is 0 Å². The van der Waals surface area contributed by atoms with Gasteiger partial charge >= 0.3 is 0 Å². The third kappa shape index (κ3) is 2.82. The Bertz CT molecular complexity index is 282. The molecule has 2 unspecified atom stereocenters. The topological polar surface area (TPSA) is 55.1 Å². The van der Waals surface area contributed by atoms with Gasteiger partial charge in [-0.15, -0.1) is 0 Å². The van der Waals surface area contributed by atoms with Gasteiger partial charge in [-0.05, 0) is 49.9 Å². The van der Waals surface area contributed by atoms with Crippen LogP contribution in [0.1, 0.15) is 46.0 Å². The first-order valence-electron chi connectivity index (χ1n) is 7.06. The van der Waals surface area contributed by atoms with Crippen LogP contribution >= 0.6 is 0 Å². The number of nitrogens with two attached hydrogens (primary N) is 1. The van der Waals surface area contributed by atoms with E-state index in [-0.39, 0.29) is 11.3 Å². The summed E-state index contributed by atoms with van der Waals surface area (Å²) in [6.07, 6.45) is 5.50. The predicted octanol–water partition coefficient (Wildman–Crippen LogP) is 1.91. The highest BCUT2D eigenvalue weighted by Crippen LogP contribution is 2.40. The second-order valence-corrected chi connectivity index (χ2v) is 6.35. The first-order valence-corrected chi connectivity index (χ1v) is 7.06. The summed E-state index contributed by atoms with van der Waals surface area (Å²) in [5.41, 5.74) is 5.61. The minimum Gasteiger partial charge on any atom is -0.355 e. The van der Waals surface area contributed by atoms with Crippen molar-refractivity contribution in [2.75, 3.05) is 13.1 Å². The summed E-state index contributed by atoms with van der Waals surface area (Å²) in [7, 11) is 0. The van der Waals surface area contributed by atoms with Gasteiger partial charge in [0.1, 0.15) is 0 Å². The van der Waals surface area contributed by atoms with Gasteiger partial charge in [0.15, 0.2) is 0 Å². The van der Waals surface area contributed by atoms with Crippen molar-refractivity contribution in [2.45, 2.75) is 46.0 Å². The van der Waals surface area contributed by atoms with Crippen molar-refractivity contribution in [2.24, 2.45) is 28.9 Å². The first kappa shape index (κ1) is 12.9. The van der Waals surface area contributed by atoms with Gasteiger partial charge < -0.3 is 11.1 Å². The SMILES string of the molecule is CC1CCC(CN)(C(=O)NCC2CC2C)CC1. The van der Waals surface area contributed by atoms with Crippen LogP contribution in [-0.4, -0.2) is 19.0 Å². The summed E-state index contributed by atoms with van der Waals surface area (Å²) >= 11 is 0. The van der Waals surface area contributed by atoms with Gasteiger partial charge in [0.2, 0.25) is 5.91 Å². The van der Waals surface area contributed by atoms with Crippen molar-refractivity contribution in [3.05, 3.63) is 0 Å². The van der Waals surface area contributed by atoms with Crippen molar-refractivity contribution >= 4 is 5.91 Å². The highest BCUT2D eigenvalue weighted by molar-refractivity contribution is 5.83. The Hall–Kier alpha value is -0.570. The quantitative estimate of drug-likeness (QED) is 0.786. The molecule has 2 aliphatic rings. The van der Waals surface area contributed by atoms with Gasteiger partial charge in [0, 0.05) is 13.1 Å². The fourth-order valence-corrected chi connectivity index (χ4v) is 2.93. The van der Waals surface area contributed by atoms with E-state index in [4.69, 9.17) is 5.73 Å². The van der Waals surface area contributed by atoms with Crippen LogP contribution in [0.3, 0.4) is 0 Å². The lowest BCUT2D eigenvalue weighted by Gasteiger charge is -2.37. The lowest BCUT2D eigenvalue weighted by atomic mass is 9.70. The third-order valence-corrected chi connectivity index (χ3v) is 4.90. The molecule has 0 aliphatic heterocycles. The Balaban J connectivity index is 1.85. The molecule has 0 heterocycles. The molecule has 0 saturated heterocycles. The minimum absolute atomic E-state index is 0.214. The average molecular weight is 238 g/mol. The van der Waals surface area contributed by atoms with Gasteiger partial charge in [-0.25, -0.2) is 0 Å². The third-order valence-electron chi connectivity index (χ3n) is 4.90. The highest BCUT2D eigenvalue weighted by Gasteiger charge is 2.41. The molecule has 0 radical (unpaired) electrons. The van der Waals surface area contributed by atoms with E-state index in [0.29, 0.717) is 6.54 Å². The number of hydrogen-bond acceptors (Lipinski definition) is 2. The normalized spacial score (nSPS) is 41.0. The maximum atomic E-state index is 12.3. The molecule has 3 heteroatoms. The Morgan fingerprint density at radius 3 is 2.41 bits per heavy atom. The van der Waals surface area contributed by atoms with Crippen LogP contribution < -0.4 is 11.1 Å². The van der Waals surface area contributed by atoms with E-state index in [1.165, 1.54) is 6.42 Å². The van der Waals surface area contributed by atoms with Crippen molar-refractivity contribution in [1.29, 1.82) is 0 Å². The number of amides is 1. The fourth-order valence-electron chi connectivity index (χ4n) is 2.93. The molecular weight excluding hydrogens is 212 g/mol. The van der Waals surface area contributed by atoms with Crippen molar-refractivity contribution < 1.29 is 4.79 Å². The van der Waals surface area contributed by atoms with Crippen LogP contribution in [0, 0.1) is 23.2 Å². The second kappa shape index (κ2) is 4.97. The second-order valence-electron chi connectivity index (χ2n) is 6.35. The fraction of sp³-hybridized carbons (Fsp3) is 0.929. The van der Waals surface area contributed by atoms with E-state index in [2.05, 4.69) is 19.2 Å². The Morgan fingerprint density at radius 1 is 1.35 bits per heavy atom.